The molecule has 0 saturated heterocycles. The van der Waals surface area contributed by atoms with Crippen LogP contribution < -0.4 is 0 Å². The molecule has 0 aliphatic carbocycles. The Morgan fingerprint density at radius 2 is 1.36 bits per heavy atom. The molecule has 0 aliphatic rings. The van der Waals surface area contributed by atoms with Gasteiger partial charge in [-0.05, 0) is 11.6 Å². The van der Waals surface area contributed by atoms with E-state index in [0.29, 0.717) is 0 Å². The van der Waals surface area contributed by atoms with E-state index in [1.807, 2.05) is 30.3 Å². The molecule has 0 bridgehead atoms. The maximum atomic E-state index is 2.15. The van der Waals surface area contributed by atoms with Crippen molar-refractivity contribution in [2.75, 3.05) is 0 Å². The average Bonchev–Trinajstić information content (AvgIpc) is 2.67. The van der Waals surface area contributed by atoms with Crippen LogP contribution in [0.5, 0.6) is 0 Å². The average molecular weight is 250 g/mol. The van der Waals surface area contributed by atoms with Crippen molar-refractivity contribution in [2.24, 2.45) is 0 Å². The normalized spacial score (nSPS) is 7.27. The molecule has 0 N–H and O–H groups in total. The van der Waals surface area contributed by atoms with Crippen molar-refractivity contribution in [3.63, 3.8) is 0 Å². The summed E-state index contributed by atoms with van der Waals surface area (Å²) < 4.78 is 0. The van der Waals surface area contributed by atoms with Crippen molar-refractivity contribution < 1.29 is 19.5 Å². The molecule has 2 heteroatoms. The molecule has 1 aromatic carbocycles. The molecular weight excluding hydrogens is 240 g/mol. The van der Waals surface area contributed by atoms with Crippen LogP contribution in [0, 0.1) is 0 Å². The summed E-state index contributed by atoms with van der Waals surface area (Å²) in [4.78, 5) is 0. The first-order valence-corrected chi connectivity index (χ1v) is 4.40. The maximum Gasteiger partial charge on any atom is 1.00 e. The summed E-state index contributed by atoms with van der Waals surface area (Å²) in [6.45, 7) is 0. The monoisotopic (exact) mass is 251 g/mol. The Labute approximate surface area is 81.9 Å². The van der Waals surface area contributed by atoms with Crippen LogP contribution >= 0.6 is 8.19 Å². The fourth-order valence-electron chi connectivity index (χ4n) is 0.599. The number of hydrogen-bond acceptors (Lipinski definition) is 0. The van der Waals surface area contributed by atoms with Crippen molar-refractivity contribution in [1.82, 2.24) is 0 Å². The maximum absolute atomic E-state index is 2.15. The second-order valence-electron chi connectivity index (χ2n) is 1.85. The van der Waals surface area contributed by atoms with Crippen LogP contribution in [0.4, 0.5) is 0 Å². The Balaban J connectivity index is 0.000000167. The van der Waals surface area contributed by atoms with Crippen LogP contribution in [-0.4, -0.2) is 0 Å². The molecule has 0 saturated carbocycles. The summed E-state index contributed by atoms with van der Waals surface area (Å²) in [6.07, 6.45) is 0. The summed E-state index contributed by atoms with van der Waals surface area (Å²) in [7, 11) is 0.948. The minimum absolute atomic E-state index is 0. The number of rotatable bonds is 0. The van der Waals surface area contributed by atoms with Gasteiger partial charge in [0.25, 0.3) is 0 Å². The van der Waals surface area contributed by atoms with Gasteiger partial charge >= 0.3 is 19.5 Å². The fourth-order valence-corrected chi connectivity index (χ4v) is 1.15. The third-order valence-electron chi connectivity index (χ3n) is 1.05. The van der Waals surface area contributed by atoms with Gasteiger partial charge in [-0.25, -0.2) is 12.1 Å². The third-order valence-corrected chi connectivity index (χ3v) is 1.82. The summed E-state index contributed by atoms with van der Waals surface area (Å²) in [5.41, 5.74) is 0. The zero-order chi connectivity index (χ0) is 7.07. The van der Waals surface area contributed by atoms with E-state index in [4.69, 9.17) is 0 Å². The van der Waals surface area contributed by atoms with Crippen LogP contribution in [0.15, 0.2) is 54.1 Å². The van der Waals surface area contributed by atoms with Gasteiger partial charge in [-0.3, -0.25) is 0 Å². The predicted octanol–water partition coefficient (Wildman–Crippen LogP) is 3.12. The van der Waals surface area contributed by atoms with Crippen molar-refractivity contribution in [3.8, 4) is 0 Å². The molecule has 0 amide bonds. The van der Waals surface area contributed by atoms with E-state index in [1.165, 1.54) is 0 Å². The van der Waals surface area contributed by atoms with Gasteiger partial charge in [0.05, 0.1) is 0 Å². The van der Waals surface area contributed by atoms with Gasteiger partial charge in [0.1, 0.15) is 0 Å². The molecule has 0 aliphatic heterocycles. The van der Waals surface area contributed by atoms with Crippen molar-refractivity contribution in [1.29, 1.82) is 0 Å². The zero-order valence-corrected chi connectivity index (χ0v) is 8.79. The first kappa shape index (κ1) is 10.8. The largest absolute Gasteiger partial charge is 1.00 e. The molecule has 2 rings (SSSR count). The minimum Gasteiger partial charge on any atom is -0.214 e. The molecule has 1 radical (unpaired) electrons. The predicted molar refractivity (Wildman–Crippen MR) is 48.0 cm³/mol. The van der Waals surface area contributed by atoms with Gasteiger partial charge in [0.15, 0.2) is 0 Å². The second kappa shape index (κ2) is 7.86. The summed E-state index contributed by atoms with van der Waals surface area (Å²) >= 11 is 0. The van der Waals surface area contributed by atoms with Crippen LogP contribution in [0.2, 0.25) is 0 Å². The van der Waals surface area contributed by atoms with Crippen LogP contribution in [0.1, 0.15) is 0 Å². The molecule has 11 heavy (non-hydrogen) atoms. The molecule has 0 fully saturated rings. The van der Waals surface area contributed by atoms with E-state index < -0.39 is 0 Å². The Bertz CT molecular complexity index is 149. The Hall–Kier alpha value is -0.247. The van der Waals surface area contributed by atoms with Crippen LogP contribution in [0.25, 0.3) is 0 Å². The first-order valence-electron chi connectivity index (χ1n) is 3.24. The van der Waals surface area contributed by atoms with E-state index >= 15 is 0 Å². The standard InChI is InChI=1S/C5H5.C4H5P.Ru/c2*1-2-4-5-3-1;/h2*1-5H;/q-1;;+1. The fraction of sp³-hybridized carbons (Fsp3) is 0. The van der Waals surface area contributed by atoms with Gasteiger partial charge in [0.2, 0.25) is 0 Å². The molecule has 1 heterocycles. The molecule has 2 aromatic rings. The Morgan fingerprint density at radius 1 is 0.818 bits per heavy atom. The molecule has 0 atom stereocenters. The molecule has 0 spiro atoms. The SMILES string of the molecule is [Ru+].c1cc[cH-]c1.c1cc[pH]c1. The van der Waals surface area contributed by atoms with Gasteiger partial charge in [0, 0.05) is 0 Å². The van der Waals surface area contributed by atoms with Crippen molar-refractivity contribution >= 4 is 8.19 Å². The minimum atomic E-state index is 0. The number of hydrogen-bond donors (Lipinski definition) is 0. The van der Waals surface area contributed by atoms with Gasteiger partial charge < -0.3 is 0 Å². The summed E-state index contributed by atoms with van der Waals surface area (Å²) in [5, 5.41) is 0. The second-order valence-corrected chi connectivity index (χ2v) is 2.85. The molecule has 1 aromatic heterocycles. The third kappa shape index (κ3) is 6.16. The summed E-state index contributed by atoms with van der Waals surface area (Å²) in [5.74, 6) is 4.31. The van der Waals surface area contributed by atoms with Crippen LogP contribution in [-0.2, 0) is 19.5 Å². The van der Waals surface area contributed by atoms with Crippen molar-refractivity contribution in [3.05, 3.63) is 54.1 Å². The van der Waals surface area contributed by atoms with E-state index in [-0.39, 0.29) is 19.5 Å². The van der Waals surface area contributed by atoms with Crippen LogP contribution in [0.3, 0.4) is 0 Å². The Kier molecular flexibility index (Phi) is 7.68. The van der Waals surface area contributed by atoms with Gasteiger partial charge in [-0.1, -0.05) is 12.1 Å². The quantitative estimate of drug-likeness (QED) is 0.498. The van der Waals surface area contributed by atoms with E-state index in [9.17, 15) is 0 Å². The van der Waals surface area contributed by atoms with E-state index in [1.54, 1.807) is 0 Å². The molecular formula is C9H10PRu. The van der Waals surface area contributed by atoms with Crippen molar-refractivity contribution in [2.45, 2.75) is 0 Å². The Morgan fingerprint density at radius 3 is 1.55 bits per heavy atom. The van der Waals surface area contributed by atoms with E-state index in [0.717, 1.165) is 8.19 Å². The van der Waals surface area contributed by atoms with Gasteiger partial charge in [-0.15, -0.1) is 8.19 Å². The molecule has 0 unspecified atom stereocenters. The molecule has 0 nitrogen and oxygen atoms in total. The first-order chi connectivity index (χ1) is 5.00. The summed E-state index contributed by atoms with van der Waals surface area (Å²) in [6, 6.07) is 14.1. The molecule has 59 valence electrons. The smallest absolute Gasteiger partial charge is 0.214 e. The zero-order valence-electron chi connectivity index (χ0n) is 6.05. The van der Waals surface area contributed by atoms with E-state index in [2.05, 4.69) is 23.7 Å². The van der Waals surface area contributed by atoms with Gasteiger partial charge in [-0.2, -0.15) is 18.2 Å². The topological polar surface area (TPSA) is 0 Å².